The Labute approximate surface area is 320 Å². The Morgan fingerprint density at radius 1 is 0.537 bits per heavy atom. The van der Waals surface area contributed by atoms with Gasteiger partial charge in [-0.25, -0.2) is 18.3 Å². The first-order valence-corrected chi connectivity index (χ1v) is 19.6. The van der Waals surface area contributed by atoms with E-state index < -0.39 is 0 Å². The number of rotatable bonds is 22. The molecule has 0 unspecified atom stereocenters. The van der Waals surface area contributed by atoms with Gasteiger partial charge < -0.3 is 19.7 Å². The molecule has 54 heavy (non-hydrogen) atoms. The maximum atomic E-state index is 13.2. The number of aromatic nitrogens is 4. The highest BCUT2D eigenvalue weighted by atomic mass is 16.5. The van der Waals surface area contributed by atoms with Crippen molar-refractivity contribution in [1.82, 2.24) is 9.13 Å². The van der Waals surface area contributed by atoms with Crippen LogP contribution in [0.2, 0.25) is 0 Å². The van der Waals surface area contributed by atoms with E-state index in [-0.39, 0.29) is 11.8 Å². The summed E-state index contributed by atoms with van der Waals surface area (Å²) in [4.78, 5) is 8.76. The van der Waals surface area contributed by atoms with Crippen molar-refractivity contribution in [2.75, 3.05) is 0 Å². The van der Waals surface area contributed by atoms with E-state index in [0.717, 1.165) is 38.8 Å². The van der Waals surface area contributed by atoms with Gasteiger partial charge in [-0.3, -0.25) is 9.98 Å². The van der Waals surface area contributed by atoms with Gasteiger partial charge in [-0.15, -0.1) is 0 Å². The molecule has 0 spiro atoms. The van der Waals surface area contributed by atoms with E-state index >= 15 is 0 Å². The Morgan fingerprint density at radius 2 is 0.926 bits per heavy atom. The van der Waals surface area contributed by atoms with Gasteiger partial charge in [-0.2, -0.15) is 0 Å². The standard InChI is InChI=1S/C44H56N6O4/c1-5-7-9-11-13-15-28-49-32-30-47(3)43(49)41(51)45-35-20-24-37(25-21-35)53-39-18-17-19-40(34-39)54-38-26-22-36(23-27-38)46-42(52)44-48(4)31-33-50(44)29-16-14-12-10-8-6-2/h17-27,30-34H,5-16,28-29H2,1-4H3. The van der Waals surface area contributed by atoms with Crippen LogP contribution < -0.4 is 28.8 Å². The summed E-state index contributed by atoms with van der Waals surface area (Å²) in [7, 11) is 3.75. The minimum Gasteiger partial charge on any atom is -0.853 e. The van der Waals surface area contributed by atoms with Crippen molar-refractivity contribution in [3.8, 4) is 23.0 Å². The molecule has 0 aliphatic rings. The smallest absolute Gasteiger partial charge is 0.292 e. The maximum absolute atomic E-state index is 13.2. The summed E-state index contributed by atoms with van der Waals surface area (Å²) in [5.41, 5.74) is 1.12. The van der Waals surface area contributed by atoms with E-state index in [1.807, 2.05) is 75.4 Å². The van der Waals surface area contributed by atoms with Crippen molar-refractivity contribution < 1.29 is 28.8 Å². The lowest BCUT2D eigenvalue weighted by atomic mass is 10.1. The summed E-state index contributed by atoms with van der Waals surface area (Å²) in [6.45, 7) is 6.05. The first-order valence-electron chi connectivity index (χ1n) is 19.6. The van der Waals surface area contributed by atoms with Gasteiger partial charge in [0.25, 0.3) is 11.6 Å². The minimum absolute atomic E-state index is 0.275. The van der Waals surface area contributed by atoms with Crippen LogP contribution in [0.15, 0.2) is 108 Å². The molecule has 3 aromatic carbocycles. The molecule has 286 valence electrons. The number of imidazole rings is 2. The molecule has 0 N–H and O–H groups in total. The fourth-order valence-corrected chi connectivity index (χ4v) is 6.47. The third kappa shape index (κ3) is 11.8. The summed E-state index contributed by atoms with van der Waals surface area (Å²) >= 11 is 0. The van der Waals surface area contributed by atoms with Gasteiger partial charge in [0.1, 0.15) is 47.8 Å². The molecule has 0 aliphatic carbocycles. The molecular weight excluding hydrogens is 677 g/mol. The largest absolute Gasteiger partial charge is 0.853 e. The van der Waals surface area contributed by atoms with Gasteiger partial charge in [-0.05, 0) is 86.3 Å². The lowest BCUT2D eigenvalue weighted by molar-refractivity contribution is -0.674. The molecule has 5 aromatic rings. The van der Waals surface area contributed by atoms with Crippen LogP contribution in [0.1, 0.15) is 103 Å². The van der Waals surface area contributed by atoms with Gasteiger partial charge in [-0.1, -0.05) is 71.3 Å². The fraction of sp³-hybridized carbons (Fsp3) is 0.409. The van der Waals surface area contributed by atoms with E-state index in [2.05, 4.69) is 23.8 Å². The molecule has 0 amide bonds. The molecule has 0 saturated heterocycles. The highest BCUT2D eigenvalue weighted by molar-refractivity contribution is 5.88. The zero-order valence-corrected chi connectivity index (χ0v) is 32.5. The van der Waals surface area contributed by atoms with Crippen LogP contribution in [0.25, 0.3) is 0 Å². The molecule has 0 radical (unpaired) electrons. The predicted octanol–water partition coefficient (Wildman–Crippen LogP) is 8.12. The molecule has 0 saturated carbocycles. The summed E-state index contributed by atoms with van der Waals surface area (Å²) in [6.07, 6.45) is 22.1. The molecular formula is C44H56N6O4. The average Bonchev–Trinajstić information content (AvgIpc) is 3.73. The highest BCUT2D eigenvalue weighted by Crippen LogP contribution is 2.30. The molecule has 0 bridgehead atoms. The van der Waals surface area contributed by atoms with Gasteiger partial charge in [0, 0.05) is 6.07 Å². The molecule has 0 aliphatic heterocycles. The first kappa shape index (κ1) is 39.8. The van der Waals surface area contributed by atoms with E-state index in [9.17, 15) is 10.2 Å². The second kappa shape index (κ2) is 20.8. The monoisotopic (exact) mass is 732 g/mol. The fourth-order valence-electron chi connectivity index (χ4n) is 6.47. The van der Waals surface area contributed by atoms with Gasteiger partial charge in [0.05, 0.1) is 50.4 Å². The molecule has 2 heterocycles. The second-order valence-electron chi connectivity index (χ2n) is 13.9. The summed E-state index contributed by atoms with van der Waals surface area (Å²) in [6, 6.07) is 21.7. The number of aryl methyl sites for hydroxylation is 4. The Hall–Kier alpha value is -5.38. The summed E-state index contributed by atoms with van der Waals surface area (Å²) in [5, 5.41) is 26.4. The Morgan fingerprint density at radius 3 is 1.33 bits per heavy atom. The predicted molar refractivity (Wildman–Crippen MR) is 210 cm³/mol. The van der Waals surface area contributed by atoms with Crippen LogP contribution in [-0.4, -0.2) is 20.9 Å². The quantitative estimate of drug-likeness (QED) is 0.0310. The SMILES string of the molecule is CCCCCCCCn1cc[n+](C)c1C([O-])=Nc1ccc(Oc2cccc(Oc3ccc(N=C([O-])c4n(CCCCCCCC)cc[n+]4C)cc3)c2)cc1. The Bertz CT molecular complexity index is 1810. The van der Waals surface area contributed by atoms with Crippen molar-refractivity contribution >= 4 is 23.2 Å². The lowest BCUT2D eigenvalue weighted by Crippen LogP contribution is -2.40. The van der Waals surface area contributed by atoms with Crippen LogP contribution in [0.4, 0.5) is 11.4 Å². The number of hydrogen-bond acceptors (Lipinski definition) is 6. The highest BCUT2D eigenvalue weighted by Gasteiger charge is 2.16. The van der Waals surface area contributed by atoms with Crippen molar-refractivity contribution in [2.45, 2.75) is 104 Å². The topological polar surface area (TPSA) is 107 Å². The molecule has 2 aromatic heterocycles. The number of ether oxygens (including phenoxy) is 2. The Balaban J connectivity index is 1.15. The van der Waals surface area contributed by atoms with Crippen molar-refractivity contribution in [2.24, 2.45) is 24.1 Å². The van der Waals surface area contributed by atoms with Crippen molar-refractivity contribution in [3.63, 3.8) is 0 Å². The van der Waals surface area contributed by atoms with Crippen LogP contribution in [0.3, 0.4) is 0 Å². The molecule has 5 rings (SSSR count). The zero-order chi connectivity index (χ0) is 38.1. The first-order chi connectivity index (χ1) is 26.3. The van der Waals surface area contributed by atoms with Crippen LogP contribution in [-0.2, 0) is 27.2 Å². The number of unbranched alkanes of at least 4 members (excludes halogenated alkanes) is 10. The number of aliphatic imine (C=N–C) groups is 2. The minimum atomic E-state index is -0.275. The summed E-state index contributed by atoms with van der Waals surface area (Å²) < 4.78 is 19.9. The van der Waals surface area contributed by atoms with Gasteiger partial charge in [0.2, 0.25) is 0 Å². The molecule has 10 heteroatoms. The van der Waals surface area contributed by atoms with Crippen molar-refractivity contribution in [1.29, 1.82) is 0 Å². The van der Waals surface area contributed by atoms with E-state index in [1.54, 1.807) is 54.6 Å². The number of nitrogens with zero attached hydrogens (tertiary/aromatic N) is 6. The van der Waals surface area contributed by atoms with Crippen LogP contribution in [0, 0.1) is 0 Å². The average molecular weight is 733 g/mol. The third-order valence-corrected chi connectivity index (χ3v) is 9.45. The summed E-state index contributed by atoms with van der Waals surface area (Å²) in [5.74, 6) is 3.00. The molecule has 0 atom stereocenters. The van der Waals surface area contributed by atoms with Crippen LogP contribution in [0.5, 0.6) is 23.0 Å². The van der Waals surface area contributed by atoms with E-state index in [0.29, 0.717) is 46.0 Å². The number of benzene rings is 3. The third-order valence-electron chi connectivity index (χ3n) is 9.45. The van der Waals surface area contributed by atoms with E-state index in [4.69, 9.17) is 9.47 Å². The molecule has 10 nitrogen and oxygen atoms in total. The lowest BCUT2D eigenvalue weighted by Gasteiger charge is -2.11. The van der Waals surface area contributed by atoms with E-state index in [1.165, 1.54) is 51.4 Å². The zero-order valence-electron chi connectivity index (χ0n) is 32.5. The normalized spacial score (nSPS) is 12.0. The molecule has 0 fully saturated rings. The van der Waals surface area contributed by atoms with Crippen molar-refractivity contribution in [3.05, 3.63) is 109 Å². The second-order valence-corrected chi connectivity index (χ2v) is 13.9. The number of hydrogen-bond donors (Lipinski definition) is 0. The van der Waals surface area contributed by atoms with Gasteiger partial charge >= 0.3 is 0 Å². The van der Waals surface area contributed by atoms with Gasteiger partial charge in [0.15, 0.2) is 0 Å². The van der Waals surface area contributed by atoms with Crippen LogP contribution >= 0.6 is 0 Å². The maximum Gasteiger partial charge on any atom is 0.292 e. The Kier molecular flexibility index (Phi) is 15.3.